The van der Waals surface area contributed by atoms with Crippen molar-refractivity contribution in [2.45, 2.75) is 147 Å². The van der Waals surface area contributed by atoms with Gasteiger partial charge in [0, 0.05) is 57.4 Å². The minimum Gasteiger partial charge on any atom is -0.479 e. The Morgan fingerprint density at radius 2 is 0.966 bits per heavy atom. The normalized spacial score (nSPS) is 16.5. The van der Waals surface area contributed by atoms with Gasteiger partial charge in [0.1, 0.15) is 28.5 Å². The molecule has 7 N–H and O–H groups in total. The van der Waals surface area contributed by atoms with E-state index in [-0.39, 0.29) is 47.8 Å². The number of rotatable bonds is 12. The number of Topliss-reactive ketones (excluding diaryl/α,β-unsaturated/α-hetero) is 4. The molecule has 8 heterocycles. The minimum atomic E-state index is -1.50. The van der Waals surface area contributed by atoms with E-state index >= 15 is 0 Å². The summed E-state index contributed by atoms with van der Waals surface area (Å²) in [5, 5.41) is 29.0. The highest BCUT2D eigenvalue weighted by molar-refractivity contribution is 5.96. The number of carboxylic acid groups (broad SMARTS) is 1. The summed E-state index contributed by atoms with van der Waals surface area (Å²) < 4.78 is 21.9. The van der Waals surface area contributed by atoms with Gasteiger partial charge in [-0.25, -0.2) is 24.1 Å². The number of nitrogen functional groups attached to an aromatic ring is 2. The number of carbonyl (C=O) groups excluding carboxylic acids is 5. The molecule has 2 aromatic carbocycles. The van der Waals surface area contributed by atoms with Gasteiger partial charge in [0.2, 0.25) is 23.5 Å². The molecule has 3 saturated carbocycles. The molecule has 0 bridgehead atoms. The van der Waals surface area contributed by atoms with Crippen LogP contribution in [-0.2, 0) is 44.6 Å². The smallest absolute Gasteiger partial charge is 0.336 e. The number of aromatic nitrogens is 12. The van der Waals surface area contributed by atoms with Crippen LogP contribution < -0.4 is 17.2 Å². The molecule has 2 atom stereocenters. The van der Waals surface area contributed by atoms with Crippen LogP contribution in [-0.4, -0.2) is 111 Å². The Hall–Kier alpha value is -9.49. The lowest BCUT2D eigenvalue weighted by Gasteiger charge is -2.32. The Labute approximate surface area is 517 Å². The molecular formula is C63H72ClN15O10. The molecule has 10 aromatic rings. The Balaban J connectivity index is 0.000000158. The fraction of sp³-hybridized carbons (Fsp3) is 0.397. The molecular weight excluding hydrogens is 1160 g/mol. The second-order valence-electron chi connectivity index (χ2n) is 23.8. The number of fused-ring (bicyclic) bond motifs is 6. The van der Waals surface area contributed by atoms with E-state index in [0.717, 1.165) is 44.1 Å². The molecule has 3 fully saturated rings. The number of nitrogens with zero attached hydrogens (tertiary/aromatic N) is 12. The number of furan rings is 2. The van der Waals surface area contributed by atoms with E-state index in [9.17, 15) is 33.9 Å². The van der Waals surface area contributed by atoms with Crippen LogP contribution in [0.2, 0.25) is 0 Å². The Bertz CT molecular complexity index is 4120. The highest BCUT2D eigenvalue weighted by atomic mass is 35.5. The fourth-order valence-electron chi connectivity index (χ4n) is 11.2. The SMILES string of the molecule is CC(C)(C)OC(=O)CC1CCC(=O)CC1.C[C@](C(=O)CC1CCC(=O)CC1)(c1ccccc1)n1ncc2c1nc(N)n1nc(-c3ccco3)nc21.C[C@](C(=O)O)(c1ccccc1)n1ncc2c1nc(N)n1nc(-c3ccco3)nc21.Cl.NC1CCC(=O)CC1. The van der Waals surface area contributed by atoms with Crippen LogP contribution in [0.1, 0.15) is 136 Å². The predicted molar refractivity (Wildman–Crippen MR) is 331 cm³/mol. The number of esters is 1. The first-order valence-electron chi connectivity index (χ1n) is 29.4. The summed E-state index contributed by atoms with van der Waals surface area (Å²) in [4.78, 5) is 89.2. The Morgan fingerprint density at radius 1 is 0.562 bits per heavy atom. The number of carbonyl (C=O) groups is 6. The molecule has 89 heavy (non-hydrogen) atoms. The van der Waals surface area contributed by atoms with Gasteiger partial charge < -0.3 is 35.9 Å². The lowest BCUT2D eigenvalue weighted by Crippen LogP contribution is -2.42. The van der Waals surface area contributed by atoms with Crippen molar-refractivity contribution in [3.63, 3.8) is 0 Å². The van der Waals surface area contributed by atoms with Crippen molar-refractivity contribution in [3.05, 3.63) is 121 Å². The van der Waals surface area contributed by atoms with Gasteiger partial charge in [-0.3, -0.25) is 24.0 Å². The van der Waals surface area contributed by atoms with E-state index in [1.807, 2.05) is 64.1 Å². The zero-order valence-corrected chi connectivity index (χ0v) is 51.0. The number of ketones is 4. The third-order valence-electron chi connectivity index (χ3n) is 16.3. The van der Waals surface area contributed by atoms with Crippen LogP contribution in [0.15, 0.2) is 119 Å². The molecule has 3 aliphatic rings. The molecule has 0 spiro atoms. The maximum atomic E-state index is 14.0. The maximum absolute atomic E-state index is 14.0. The number of aliphatic carboxylic acids is 1. The van der Waals surface area contributed by atoms with E-state index in [1.54, 1.807) is 72.6 Å². The number of anilines is 2. The highest BCUT2D eigenvalue weighted by Crippen LogP contribution is 2.37. The summed E-state index contributed by atoms with van der Waals surface area (Å²) in [7, 11) is 0. The maximum Gasteiger partial charge on any atom is 0.336 e. The summed E-state index contributed by atoms with van der Waals surface area (Å²) in [5.74, 6) is 2.17. The van der Waals surface area contributed by atoms with Gasteiger partial charge in [-0.1, -0.05) is 60.7 Å². The predicted octanol–water partition coefficient (Wildman–Crippen LogP) is 9.32. The van der Waals surface area contributed by atoms with E-state index < -0.39 is 22.6 Å². The highest BCUT2D eigenvalue weighted by Gasteiger charge is 2.42. The van der Waals surface area contributed by atoms with Crippen molar-refractivity contribution >= 4 is 92.7 Å². The van der Waals surface area contributed by atoms with E-state index in [2.05, 4.69) is 40.3 Å². The molecule has 3 aliphatic carbocycles. The van der Waals surface area contributed by atoms with Crippen LogP contribution in [0.4, 0.5) is 11.9 Å². The van der Waals surface area contributed by atoms with Crippen LogP contribution in [0.25, 0.3) is 56.5 Å². The molecule has 0 amide bonds. The number of hydrogen-bond donors (Lipinski definition) is 4. The van der Waals surface area contributed by atoms with Crippen molar-refractivity contribution in [2.24, 2.45) is 17.6 Å². The molecule has 466 valence electrons. The van der Waals surface area contributed by atoms with Crippen LogP contribution in [0.5, 0.6) is 0 Å². The largest absolute Gasteiger partial charge is 0.479 e. The summed E-state index contributed by atoms with van der Waals surface area (Å²) in [6.45, 7) is 9.04. The fourth-order valence-corrected chi connectivity index (χ4v) is 11.2. The van der Waals surface area contributed by atoms with E-state index in [4.69, 9.17) is 30.8 Å². The molecule has 8 aromatic heterocycles. The standard InChI is InChI=1S/C26H25N7O3.C19H15N7O3.C12H20O3.C6H11NO.ClH/c1-26(17-6-3-2-4-7-17,21(35)14-16-9-11-18(34)12-10-16)33-24-19(15-28-33)23-29-22(20-8-5-13-36-20)31-32(23)25(27)30-24;1-19(17(27)28,11-6-3-2-4-7-11)26-16-12(10-21-26)15-22-14(13-8-5-9-29-13)24-25(15)18(20)23-16;1-12(2,3)15-11(14)8-9-4-6-10(13)7-5-9;7-5-1-3-6(8)4-2-5;/h2-8,13,15-16H,9-12,14H2,1H3,(H2,27,30);2-10H,1H3,(H2,20,23)(H,27,28);9H,4-8H2,1-3H3;5H,1-4,7H2;1H/t26-;19-;;;/m11.../s1. The lowest BCUT2D eigenvalue weighted by molar-refractivity contribution is -0.156. The monoisotopic (exact) mass is 1230 g/mol. The third-order valence-corrected chi connectivity index (χ3v) is 16.3. The van der Waals surface area contributed by atoms with Crippen LogP contribution >= 0.6 is 12.4 Å². The van der Waals surface area contributed by atoms with Crippen molar-refractivity contribution < 1.29 is 47.4 Å². The van der Waals surface area contributed by atoms with Gasteiger partial charge in [0.05, 0.1) is 35.7 Å². The first kappa shape index (κ1) is 64.0. The Morgan fingerprint density at radius 3 is 1.36 bits per heavy atom. The van der Waals surface area contributed by atoms with E-state index in [1.165, 1.54) is 26.2 Å². The molecule has 13 rings (SSSR count). The van der Waals surface area contributed by atoms with Gasteiger partial charge in [-0.15, -0.1) is 22.6 Å². The first-order valence-corrected chi connectivity index (χ1v) is 29.4. The van der Waals surface area contributed by atoms with Gasteiger partial charge in [0.15, 0.2) is 45.4 Å². The Kier molecular flexibility index (Phi) is 19.3. The van der Waals surface area contributed by atoms with Crippen LogP contribution in [0, 0.1) is 11.8 Å². The summed E-state index contributed by atoms with van der Waals surface area (Å²) in [5.41, 5.74) is 17.9. The second-order valence-corrected chi connectivity index (χ2v) is 23.8. The molecule has 25 nitrogen and oxygen atoms in total. The average molecular weight is 1230 g/mol. The summed E-state index contributed by atoms with van der Waals surface area (Å²) >= 11 is 0. The number of carboxylic acids is 1. The molecule has 26 heteroatoms. The second kappa shape index (κ2) is 26.9. The van der Waals surface area contributed by atoms with Crippen molar-refractivity contribution in [1.82, 2.24) is 58.7 Å². The van der Waals surface area contributed by atoms with Crippen molar-refractivity contribution in [3.8, 4) is 23.2 Å². The number of ether oxygens (including phenoxy) is 1. The summed E-state index contributed by atoms with van der Waals surface area (Å²) in [6.07, 6.45) is 15.8. The number of hydrogen-bond acceptors (Lipinski definition) is 20. The minimum absolute atomic E-state index is 0. The van der Waals surface area contributed by atoms with E-state index in [0.29, 0.717) is 137 Å². The van der Waals surface area contributed by atoms with Gasteiger partial charge in [-0.2, -0.15) is 29.2 Å². The average Bonchev–Trinajstić information content (AvgIpc) is 2.15. The topological polar surface area (TPSA) is 358 Å². The number of benzene rings is 2. The third kappa shape index (κ3) is 13.9. The lowest BCUT2D eigenvalue weighted by atomic mass is 9.79. The molecule has 0 unspecified atom stereocenters. The van der Waals surface area contributed by atoms with Gasteiger partial charge in [0.25, 0.3) is 0 Å². The van der Waals surface area contributed by atoms with Gasteiger partial charge >= 0.3 is 11.9 Å². The van der Waals surface area contributed by atoms with Crippen LogP contribution in [0.3, 0.4) is 0 Å². The van der Waals surface area contributed by atoms with Crippen molar-refractivity contribution in [1.29, 1.82) is 0 Å². The quantitative estimate of drug-likeness (QED) is 0.0827. The number of nitrogens with two attached hydrogens (primary N) is 3. The molecule has 0 aliphatic heterocycles. The summed E-state index contributed by atoms with van der Waals surface area (Å²) in [6, 6.07) is 25.7. The first-order chi connectivity index (χ1) is 42.1. The molecule has 0 saturated heterocycles. The zero-order valence-electron chi connectivity index (χ0n) is 50.2. The zero-order chi connectivity index (χ0) is 62.5. The van der Waals surface area contributed by atoms with Crippen molar-refractivity contribution in [2.75, 3.05) is 11.5 Å². The van der Waals surface area contributed by atoms with Gasteiger partial charge in [-0.05, 0) is 120 Å². The molecule has 0 radical (unpaired) electrons. The number of halogens is 1.